The summed E-state index contributed by atoms with van der Waals surface area (Å²) in [4.78, 5) is 27.9. The number of methoxy groups -OCH3 is 1. The van der Waals surface area contributed by atoms with Gasteiger partial charge in [0.1, 0.15) is 5.75 Å². The van der Waals surface area contributed by atoms with Crippen LogP contribution in [0, 0.1) is 0 Å². The fraction of sp³-hybridized carbons (Fsp3) is 0.333. The highest BCUT2D eigenvalue weighted by atomic mass is 32.2. The van der Waals surface area contributed by atoms with Crippen LogP contribution in [0.3, 0.4) is 0 Å². The Morgan fingerprint density at radius 2 is 1.89 bits per heavy atom. The molecule has 0 aliphatic carbocycles. The molecule has 2 aromatic rings. The zero-order valence-corrected chi connectivity index (χ0v) is 17.0. The zero-order valence-electron chi connectivity index (χ0n) is 16.2. The van der Waals surface area contributed by atoms with Gasteiger partial charge in [-0.15, -0.1) is 11.8 Å². The Bertz CT molecular complexity index is 841. The molecule has 0 spiro atoms. The van der Waals surface area contributed by atoms with Crippen LogP contribution in [-0.2, 0) is 14.3 Å². The standard InChI is InChI=1S/C21H24N2O4S/c1-14(24)27-19-20(15-8-10-16(26-3)11-9-15)28-18-7-5-4-6-17(18)23(21(19)25)13-12-22-2/h4-11,19-20,22H,12-13H2,1-3H3/t19-,20+/m1/s1. The maximum Gasteiger partial charge on any atom is 0.303 e. The molecule has 1 amide bonds. The van der Waals surface area contributed by atoms with E-state index in [1.807, 2.05) is 55.6 Å². The molecular formula is C21H24N2O4S. The number of esters is 1. The Kier molecular flexibility index (Phi) is 6.59. The van der Waals surface area contributed by atoms with E-state index in [4.69, 9.17) is 9.47 Å². The number of para-hydroxylation sites is 1. The minimum Gasteiger partial charge on any atom is -0.497 e. The number of carbonyl (C=O) groups is 2. The van der Waals surface area contributed by atoms with Crippen LogP contribution in [0.2, 0.25) is 0 Å². The molecule has 0 saturated heterocycles. The van der Waals surface area contributed by atoms with Gasteiger partial charge >= 0.3 is 5.97 Å². The van der Waals surface area contributed by atoms with Crippen molar-refractivity contribution in [1.29, 1.82) is 0 Å². The number of anilines is 1. The van der Waals surface area contributed by atoms with Gasteiger partial charge in [0.15, 0.2) is 6.10 Å². The van der Waals surface area contributed by atoms with E-state index in [0.29, 0.717) is 13.1 Å². The van der Waals surface area contributed by atoms with Crippen LogP contribution in [-0.4, -0.2) is 45.2 Å². The van der Waals surface area contributed by atoms with Crippen LogP contribution in [0.5, 0.6) is 5.75 Å². The van der Waals surface area contributed by atoms with Gasteiger partial charge in [0.25, 0.3) is 5.91 Å². The number of hydrogen-bond acceptors (Lipinski definition) is 6. The zero-order chi connectivity index (χ0) is 20.1. The number of rotatable bonds is 6. The number of amides is 1. The van der Waals surface area contributed by atoms with Gasteiger partial charge in [0.2, 0.25) is 0 Å². The van der Waals surface area contributed by atoms with Crippen LogP contribution >= 0.6 is 11.8 Å². The lowest BCUT2D eigenvalue weighted by molar-refractivity contribution is -0.152. The van der Waals surface area contributed by atoms with E-state index in [-0.39, 0.29) is 11.2 Å². The Labute approximate surface area is 169 Å². The molecule has 6 nitrogen and oxygen atoms in total. The Morgan fingerprint density at radius 1 is 1.18 bits per heavy atom. The lowest BCUT2D eigenvalue weighted by Gasteiger charge is -2.27. The predicted octanol–water partition coefficient (Wildman–Crippen LogP) is 3.03. The quantitative estimate of drug-likeness (QED) is 0.752. The SMILES string of the molecule is CNCCN1C(=O)[C@H](OC(C)=O)[C@H](c2ccc(OC)cc2)Sc2ccccc21. The summed E-state index contributed by atoms with van der Waals surface area (Å²) in [7, 11) is 3.45. The Morgan fingerprint density at radius 3 is 2.54 bits per heavy atom. The van der Waals surface area contributed by atoms with Crippen molar-refractivity contribution in [2.45, 2.75) is 23.2 Å². The van der Waals surface area contributed by atoms with Gasteiger partial charge in [-0.2, -0.15) is 0 Å². The second-order valence-corrected chi connectivity index (χ2v) is 7.59. The number of nitrogens with one attached hydrogen (secondary N) is 1. The predicted molar refractivity (Wildman–Crippen MR) is 110 cm³/mol. The summed E-state index contributed by atoms with van der Waals surface area (Å²) < 4.78 is 10.8. The van der Waals surface area contributed by atoms with E-state index in [2.05, 4.69) is 5.32 Å². The van der Waals surface area contributed by atoms with Gasteiger partial charge in [-0.1, -0.05) is 24.3 Å². The van der Waals surface area contributed by atoms with Crippen molar-refractivity contribution in [3.05, 3.63) is 54.1 Å². The third-order valence-electron chi connectivity index (χ3n) is 4.52. The first kappa shape index (κ1) is 20.2. The second kappa shape index (κ2) is 9.12. The molecule has 2 atom stereocenters. The number of ether oxygens (including phenoxy) is 2. The number of hydrogen-bond donors (Lipinski definition) is 1. The van der Waals surface area contributed by atoms with Gasteiger partial charge in [-0.3, -0.25) is 9.59 Å². The number of nitrogens with zero attached hydrogens (tertiary/aromatic N) is 1. The van der Waals surface area contributed by atoms with Gasteiger partial charge in [-0.05, 0) is 36.9 Å². The Hall–Kier alpha value is -2.51. The molecule has 0 saturated carbocycles. The summed E-state index contributed by atoms with van der Waals surface area (Å²) in [5.41, 5.74) is 1.73. The molecule has 0 bridgehead atoms. The maximum absolute atomic E-state index is 13.4. The van der Waals surface area contributed by atoms with Crippen LogP contribution < -0.4 is 15.0 Å². The number of carbonyl (C=O) groups excluding carboxylic acids is 2. The molecule has 3 rings (SSSR count). The molecule has 0 unspecified atom stereocenters. The number of fused-ring (bicyclic) bond motifs is 1. The molecule has 1 aliphatic rings. The van der Waals surface area contributed by atoms with Crippen LogP contribution in [0.1, 0.15) is 17.7 Å². The smallest absolute Gasteiger partial charge is 0.303 e. The lowest BCUT2D eigenvalue weighted by atomic mass is 10.1. The molecule has 2 aromatic carbocycles. The molecule has 28 heavy (non-hydrogen) atoms. The normalized spacial score (nSPS) is 19.0. The van der Waals surface area contributed by atoms with E-state index in [0.717, 1.165) is 21.9 Å². The van der Waals surface area contributed by atoms with Crippen molar-refractivity contribution in [2.75, 3.05) is 32.1 Å². The molecule has 7 heteroatoms. The molecule has 0 aromatic heterocycles. The van der Waals surface area contributed by atoms with Crippen LogP contribution in [0.15, 0.2) is 53.4 Å². The van der Waals surface area contributed by atoms with E-state index in [1.165, 1.54) is 18.7 Å². The van der Waals surface area contributed by atoms with E-state index in [9.17, 15) is 9.59 Å². The van der Waals surface area contributed by atoms with Crippen molar-refractivity contribution in [3.63, 3.8) is 0 Å². The first-order chi connectivity index (χ1) is 13.5. The molecular weight excluding hydrogens is 376 g/mol. The van der Waals surface area contributed by atoms with Gasteiger partial charge < -0.3 is 19.7 Å². The summed E-state index contributed by atoms with van der Waals surface area (Å²) in [6, 6.07) is 15.3. The third-order valence-corrected chi connectivity index (χ3v) is 5.89. The van der Waals surface area contributed by atoms with Crippen molar-refractivity contribution in [1.82, 2.24) is 5.32 Å². The molecule has 0 fully saturated rings. The first-order valence-electron chi connectivity index (χ1n) is 9.08. The monoisotopic (exact) mass is 400 g/mol. The topological polar surface area (TPSA) is 67.9 Å². The van der Waals surface area contributed by atoms with Gasteiger partial charge in [-0.25, -0.2) is 0 Å². The van der Waals surface area contributed by atoms with E-state index < -0.39 is 12.1 Å². The maximum atomic E-state index is 13.4. The molecule has 1 N–H and O–H groups in total. The van der Waals surface area contributed by atoms with Gasteiger partial charge in [0.05, 0.1) is 18.0 Å². The first-order valence-corrected chi connectivity index (χ1v) is 9.96. The van der Waals surface area contributed by atoms with Crippen molar-refractivity contribution in [3.8, 4) is 5.75 Å². The second-order valence-electron chi connectivity index (χ2n) is 6.40. The summed E-state index contributed by atoms with van der Waals surface area (Å²) >= 11 is 1.53. The van der Waals surface area contributed by atoms with Crippen molar-refractivity contribution >= 4 is 29.3 Å². The van der Waals surface area contributed by atoms with Crippen molar-refractivity contribution in [2.24, 2.45) is 0 Å². The van der Waals surface area contributed by atoms with Gasteiger partial charge in [0, 0.05) is 24.9 Å². The fourth-order valence-corrected chi connectivity index (χ4v) is 4.48. The largest absolute Gasteiger partial charge is 0.497 e. The average molecular weight is 401 g/mol. The molecule has 148 valence electrons. The number of thioether (sulfide) groups is 1. The van der Waals surface area contributed by atoms with E-state index >= 15 is 0 Å². The summed E-state index contributed by atoms with van der Waals surface area (Å²) in [6.07, 6.45) is -0.917. The molecule has 0 radical (unpaired) electrons. The fourth-order valence-electron chi connectivity index (χ4n) is 3.16. The highest BCUT2D eigenvalue weighted by Crippen LogP contribution is 2.46. The lowest BCUT2D eigenvalue weighted by Crippen LogP contribution is -2.45. The number of likely N-dealkylation sites (N-methyl/N-ethyl adjacent to an activating group) is 1. The Balaban J connectivity index is 2.07. The van der Waals surface area contributed by atoms with E-state index in [1.54, 1.807) is 12.0 Å². The average Bonchev–Trinajstić information content (AvgIpc) is 2.81. The van der Waals surface area contributed by atoms with Crippen LogP contribution in [0.4, 0.5) is 5.69 Å². The van der Waals surface area contributed by atoms with Crippen LogP contribution in [0.25, 0.3) is 0 Å². The molecule has 1 aliphatic heterocycles. The summed E-state index contributed by atoms with van der Waals surface area (Å²) in [5, 5.41) is 2.72. The minimum absolute atomic E-state index is 0.219. The third kappa shape index (κ3) is 4.31. The van der Waals surface area contributed by atoms with Crippen molar-refractivity contribution < 1.29 is 19.1 Å². The highest BCUT2D eigenvalue weighted by molar-refractivity contribution is 7.99. The highest BCUT2D eigenvalue weighted by Gasteiger charge is 2.40. The number of benzene rings is 2. The molecule has 1 heterocycles. The summed E-state index contributed by atoms with van der Waals surface area (Å²) in [5.74, 6) is 0.0366. The minimum atomic E-state index is -0.917. The summed E-state index contributed by atoms with van der Waals surface area (Å²) in [6.45, 7) is 2.45.